The van der Waals surface area contributed by atoms with Crippen molar-refractivity contribution in [2.75, 3.05) is 19.7 Å². The van der Waals surface area contributed by atoms with E-state index >= 15 is 0 Å². The van der Waals surface area contributed by atoms with E-state index in [1.807, 2.05) is 65.2 Å². The Kier molecular flexibility index (Phi) is 3.82. The van der Waals surface area contributed by atoms with Crippen LogP contribution in [-0.4, -0.2) is 35.1 Å². The van der Waals surface area contributed by atoms with E-state index in [0.717, 1.165) is 22.0 Å². The molecule has 1 amide bonds. The lowest BCUT2D eigenvalue weighted by Gasteiger charge is -2.33. The van der Waals surface area contributed by atoms with Gasteiger partial charge in [-0.05, 0) is 11.6 Å². The van der Waals surface area contributed by atoms with Crippen molar-refractivity contribution in [3.63, 3.8) is 0 Å². The molecule has 2 aromatic carbocycles. The van der Waals surface area contributed by atoms with Gasteiger partial charge in [0.05, 0.1) is 18.7 Å². The molecule has 0 unspecified atom stereocenters. The molecule has 0 bridgehead atoms. The highest BCUT2D eigenvalue weighted by atomic mass is 16.5. The van der Waals surface area contributed by atoms with Gasteiger partial charge in [0.2, 0.25) is 0 Å². The Bertz CT molecular complexity index is 870. The lowest BCUT2D eigenvalue weighted by molar-refractivity contribution is -0.0227. The molecule has 1 aliphatic heterocycles. The summed E-state index contributed by atoms with van der Waals surface area (Å²) in [6, 6.07) is 18.1. The molecule has 1 aromatic heterocycles. The standard InChI is InChI=1S/C20H20N2O2/c1-21-13-17(16-9-5-6-10-18(16)21)20(23)22-11-12-24-19(14-22)15-7-3-2-4-8-15/h2-10,13,19H,11-12,14H2,1H3/t19-/m1/s1. The number of para-hydroxylation sites is 1. The monoisotopic (exact) mass is 320 g/mol. The number of carbonyl (C=O) groups is 1. The first-order valence-electron chi connectivity index (χ1n) is 8.24. The minimum absolute atomic E-state index is 0.0566. The summed E-state index contributed by atoms with van der Waals surface area (Å²) in [6.07, 6.45) is 1.87. The van der Waals surface area contributed by atoms with Crippen LogP contribution in [0.1, 0.15) is 22.0 Å². The van der Waals surface area contributed by atoms with Gasteiger partial charge >= 0.3 is 0 Å². The first-order chi connectivity index (χ1) is 11.7. The highest BCUT2D eigenvalue weighted by Crippen LogP contribution is 2.26. The van der Waals surface area contributed by atoms with Gasteiger partial charge in [0.15, 0.2) is 0 Å². The molecule has 1 saturated heterocycles. The van der Waals surface area contributed by atoms with Crippen LogP contribution in [-0.2, 0) is 11.8 Å². The Morgan fingerprint density at radius 2 is 1.83 bits per heavy atom. The predicted octanol–water partition coefficient (Wildman–Crippen LogP) is 3.39. The molecular formula is C20H20N2O2. The lowest BCUT2D eigenvalue weighted by Crippen LogP contribution is -2.42. The van der Waals surface area contributed by atoms with Crippen molar-refractivity contribution >= 4 is 16.8 Å². The van der Waals surface area contributed by atoms with Gasteiger partial charge in [-0.1, -0.05) is 48.5 Å². The molecule has 0 aliphatic carbocycles. The SMILES string of the molecule is Cn1cc(C(=O)N2CCO[C@@H](c3ccccc3)C2)c2ccccc21. The van der Waals surface area contributed by atoms with Gasteiger partial charge in [0.1, 0.15) is 6.10 Å². The fraction of sp³-hybridized carbons (Fsp3) is 0.250. The number of aryl methyl sites for hydroxylation is 1. The summed E-state index contributed by atoms with van der Waals surface area (Å²) in [5.74, 6) is 0.0797. The highest BCUT2D eigenvalue weighted by molar-refractivity contribution is 6.07. The summed E-state index contributed by atoms with van der Waals surface area (Å²) < 4.78 is 7.89. The van der Waals surface area contributed by atoms with Crippen molar-refractivity contribution in [2.24, 2.45) is 7.05 Å². The van der Waals surface area contributed by atoms with Crippen molar-refractivity contribution in [3.8, 4) is 0 Å². The van der Waals surface area contributed by atoms with Crippen LogP contribution in [0.2, 0.25) is 0 Å². The van der Waals surface area contributed by atoms with Crippen LogP contribution in [0.4, 0.5) is 0 Å². The van der Waals surface area contributed by atoms with Gasteiger partial charge in [-0.2, -0.15) is 0 Å². The molecule has 4 heteroatoms. The van der Waals surface area contributed by atoms with Crippen LogP contribution in [0.25, 0.3) is 10.9 Å². The van der Waals surface area contributed by atoms with Gasteiger partial charge in [0, 0.05) is 30.7 Å². The van der Waals surface area contributed by atoms with Crippen molar-refractivity contribution in [2.45, 2.75) is 6.10 Å². The number of morpholine rings is 1. The first kappa shape index (κ1) is 15.0. The molecule has 1 fully saturated rings. The summed E-state index contributed by atoms with van der Waals surface area (Å²) in [7, 11) is 1.98. The first-order valence-corrected chi connectivity index (χ1v) is 8.24. The summed E-state index contributed by atoms with van der Waals surface area (Å²) in [5, 5.41) is 1.01. The van der Waals surface area contributed by atoms with E-state index < -0.39 is 0 Å². The zero-order valence-electron chi connectivity index (χ0n) is 13.7. The number of amides is 1. The Morgan fingerprint density at radius 3 is 2.67 bits per heavy atom. The van der Waals surface area contributed by atoms with E-state index in [1.165, 1.54) is 0 Å². The van der Waals surface area contributed by atoms with E-state index in [4.69, 9.17) is 4.74 Å². The molecule has 2 heterocycles. The Labute approximate surface area is 141 Å². The van der Waals surface area contributed by atoms with Gasteiger partial charge in [-0.25, -0.2) is 0 Å². The van der Waals surface area contributed by atoms with Crippen LogP contribution in [0, 0.1) is 0 Å². The third-order valence-corrected chi connectivity index (χ3v) is 4.65. The average Bonchev–Trinajstić information content (AvgIpc) is 2.99. The van der Waals surface area contributed by atoms with Crippen molar-refractivity contribution < 1.29 is 9.53 Å². The number of nitrogens with zero attached hydrogens (tertiary/aromatic N) is 2. The van der Waals surface area contributed by atoms with Gasteiger partial charge < -0.3 is 14.2 Å². The van der Waals surface area contributed by atoms with Gasteiger partial charge in [0.25, 0.3) is 5.91 Å². The predicted molar refractivity (Wildman–Crippen MR) is 94.0 cm³/mol. The van der Waals surface area contributed by atoms with Crippen LogP contribution >= 0.6 is 0 Å². The largest absolute Gasteiger partial charge is 0.370 e. The maximum Gasteiger partial charge on any atom is 0.256 e. The second-order valence-corrected chi connectivity index (χ2v) is 6.19. The average molecular weight is 320 g/mol. The summed E-state index contributed by atoms with van der Waals surface area (Å²) in [4.78, 5) is 15.0. The summed E-state index contributed by atoms with van der Waals surface area (Å²) in [5.41, 5.74) is 2.96. The smallest absolute Gasteiger partial charge is 0.256 e. The molecule has 0 radical (unpaired) electrons. The second-order valence-electron chi connectivity index (χ2n) is 6.19. The number of rotatable bonds is 2. The number of aromatic nitrogens is 1. The number of hydrogen-bond donors (Lipinski definition) is 0. The molecule has 0 N–H and O–H groups in total. The quantitative estimate of drug-likeness (QED) is 0.725. The molecule has 3 aromatic rings. The van der Waals surface area contributed by atoms with E-state index in [9.17, 15) is 4.79 Å². The normalized spacial score (nSPS) is 18.0. The minimum Gasteiger partial charge on any atom is -0.370 e. The molecule has 1 aliphatic rings. The molecular weight excluding hydrogens is 300 g/mol. The Hall–Kier alpha value is -2.59. The van der Waals surface area contributed by atoms with E-state index in [0.29, 0.717) is 19.7 Å². The van der Waals surface area contributed by atoms with Crippen LogP contribution in [0.5, 0.6) is 0 Å². The van der Waals surface area contributed by atoms with Crippen LogP contribution in [0.3, 0.4) is 0 Å². The minimum atomic E-state index is -0.0566. The summed E-state index contributed by atoms with van der Waals surface area (Å²) in [6.45, 7) is 1.79. The Morgan fingerprint density at radius 1 is 1.08 bits per heavy atom. The fourth-order valence-electron chi connectivity index (χ4n) is 3.39. The fourth-order valence-corrected chi connectivity index (χ4v) is 3.39. The van der Waals surface area contributed by atoms with Crippen LogP contribution in [0.15, 0.2) is 60.8 Å². The zero-order valence-corrected chi connectivity index (χ0v) is 13.7. The number of carbonyl (C=O) groups excluding carboxylic acids is 1. The number of hydrogen-bond acceptors (Lipinski definition) is 2. The third kappa shape index (κ3) is 2.59. The number of fused-ring (bicyclic) bond motifs is 1. The maximum atomic E-state index is 13.1. The molecule has 1 atom stereocenters. The van der Waals surface area contributed by atoms with Crippen molar-refractivity contribution in [1.29, 1.82) is 0 Å². The van der Waals surface area contributed by atoms with Crippen LogP contribution < -0.4 is 0 Å². The highest BCUT2D eigenvalue weighted by Gasteiger charge is 2.27. The lowest BCUT2D eigenvalue weighted by atomic mass is 10.1. The maximum absolute atomic E-state index is 13.1. The van der Waals surface area contributed by atoms with E-state index in [2.05, 4.69) is 12.1 Å². The number of benzene rings is 2. The number of ether oxygens (including phenoxy) is 1. The van der Waals surface area contributed by atoms with Gasteiger partial charge in [-0.15, -0.1) is 0 Å². The third-order valence-electron chi connectivity index (χ3n) is 4.65. The molecule has 24 heavy (non-hydrogen) atoms. The Balaban J connectivity index is 1.62. The summed E-state index contributed by atoms with van der Waals surface area (Å²) >= 11 is 0. The van der Waals surface area contributed by atoms with E-state index in [-0.39, 0.29) is 12.0 Å². The molecule has 0 saturated carbocycles. The van der Waals surface area contributed by atoms with Crippen molar-refractivity contribution in [1.82, 2.24) is 9.47 Å². The second kappa shape index (κ2) is 6.13. The van der Waals surface area contributed by atoms with Gasteiger partial charge in [-0.3, -0.25) is 4.79 Å². The molecule has 4 rings (SSSR count). The molecule has 4 nitrogen and oxygen atoms in total. The molecule has 122 valence electrons. The topological polar surface area (TPSA) is 34.5 Å². The molecule has 0 spiro atoms. The van der Waals surface area contributed by atoms with E-state index in [1.54, 1.807) is 0 Å². The van der Waals surface area contributed by atoms with Crippen molar-refractivity contribution in [3.05, 3.63) is 71.9 Å². The zero-order chi connectivity index (χ0) is 16.5.